The van der Waals surface area contributed by atoms with E-state index in [-0.39, 0.29) is 5.82 Å². The molecule has 0 aliphatic carbocycles. The first kappa shape index (κ1) is 16.5. The Kier molecular flexibility index (Phi) is 5.70. The lowest BCUT2D eigenvalue weighted by atomic mass is 10.1. The van der Waals surface area contributed by atoms with Crippen LogP contribution in [0.25, 0.3) is 0 Å². The molecule has 0 N–H and O–H groups in total. The third-order valence-electron chi connectivity index (χ3n) is 4.33. The second-order valence-electron chi connectivity index (χ2n) is 6.03. The molecule has 1 heterocycles. The van der Waals surface area contributed by atoms with Gasteiger partial charge in [0.2, 0.25) is 0 Å². The molecule has 3 rings (SSSR count). The van der Waals surface area contributed by atoms with Gasteiger partial charge in [0.15, 0.2) is 0 Å². The molecule has 0 amide bonds. The molecule has 0 unspecified atom stereocenters. The van der Waals surface area contributed by atoms with Crippen molar-refractivity contribution in [3.8, 4) is 0 Å². The van der Waals surface area contributed by atoms with Crippen LogP contribution < -0.4 is 0 Å². The van der Waals surface area contributed by atoms with E-state index in [2.05, 4.69) is 40.3 Å². The lowest BCUT2D eigenvalue weighted by molar-refractivity contribution is 0.122. The number of piperazine rings is 1. The van der Waals surface area contributed by atoms with Gasteiger partial charge in [-0.3, -0.25) is 9.80 Å². The normalized spacial score (nSPS) is 16.6. The first-order valence-electron chi connectivity index (χ1n) is 8.05. The zero-order valence-corrected chi connectivity index (χ0v) is 14.4. The van der Waals surface area contributed by atoms with E-state index in [1.54, 1.807) is 23.9 Å². The van der Waals surface area contributed by atoms with Gasteiger partial charge in [-0.25, -0.2) is 4.39 Å². The smallest absolute Gasteiger partial charge is 0.123 e. The molecule has 0 bridgehead atoms. The number of nitrogens with zero attached hydrogens (tertiary/aromatic N) is 2. The van der Waals surface area contributed by atoms with E-state index in [1.807, 2.05) is 6.07 Å². The van der Waals surface area contributed by atoms with Crippen molar-refractivity contribution in [3.63, 3.8) is 0 Å². The van der Waals surface area contributed by atoms with E-state index in [0.717, 1.165) is 44.8 Å². The van der Waals surface area contributed by atoms with Crippen molar-refractivity contribution in [1.82, 2.24) is 9.80 Å². The van der Waals surface area contributed by atoms with Gasteiger partial charge in [-0.05, 0) is 41.6 Å². The number of hydrogen-bond acceptors (Lipinski definition) is 3. The van der Waals surface area contributed by atoms with E-state index in [4.69, 9.17) is 0 Å². The van der Waals surface area contributed by atoms with Crippen LogP contribution in [0.4, 0.5) is 4.39 Å². The molecule has 23 heavy (non-hydrogen) atoms. The molecule has 1 saturated heterocycles. The minimum Gasteiger partial charge on any atom is -0.297 e. The highest BCUT2D eigenvalue weighted by atomic mass is 32.2. The van der Waals surface area contributed by atoms with Crippen LogP contribution >= 0.6 is 11.8 Å². The summed E-state index contributed by atoms with van der Waals surface area (Å²) < 4.78 is 13.3. The van der Waals surface area contributed by atoms with Crippen molar-refractivity contribution < 1.29 is 4.39 Å². The summed E-state index contributed by atoms with van der Waals surface area (Å²) in [6.45, 7) is 6.08. The fraction of sp³-hybridized carbons (Fsp3) is 0.368. The summed E-state index contributed by atoms with van der Waals surface area (Å²) in [5.41, 5.74) is 2.44. The molecule has 122 valence electrons. The van der Waals surface area contributed by atoms with Crippen molar-refractivity contribution in [2.45, 2.75) is 18.0 Å². The van der Waals surface area contributed by atoms with Crippen molar-refractivity contribution in [2.24, 2.45) is 0 Å². The SMILES string of the molecule is CSc1ccc(CN2CCN(Cc3cccc(F)c3)CC2)cc1. The molecule has 2 aromatic rings. The van der Waals surface area contributed by atoms with Gasteiger partial charge in [0, 0.05) is 44.2 Å². The second-order valence-corrected chi connectivity index (χ2v) is 6.91. The quantitative estimate of drug-likeness (QED) is 0.769. The summed E-state index contributed by atoms with van der Waals surface area (Å²) in [5.74, 6) is -0.144. The molecule has 2 aromatic carbocycles. The lowest BCUT2D eigenvalue weighted by Crippen LogP contribution is -2.45. The van der Waals surface area contributed by atoms with Crippen LogP contribution in [0.2, 0.25) is 0 Å². The minimum atomic E-state index is -0.144. The van der Waals surface area contributed by atoms with E-state index in [9.17, 15) is 4.39 Å². The zero-order chi connectivity index (χ0) is 16.1. The van der Waals surface area contributed by atoms with Crippen LogP contribution in [0.3, 0.4) is 0 Å². The van der Waals surface area contributed by atoms with Gasteiger partial charge < -0.3 is 0 Å². The first-order chi connectivity index (χ1) is 11.2. The maximum atomic E-state index is 13.3. The Morgan fingerprint density at radius 3 is 2.04 bits per heavy atom. The number of benzene rings is 2. The molecule has 0 aromatic heterocycles. The Hall–Kier alpha value is -1.36. The van der Waals surface area contributed by atoms with Gasteiger partial charge in [-0.2, -0.15) is 0 Å². The monoisotopic (exact) mass is 330 g/mol. The number of halogens is 1. The van der Waals surface area contributed by atoms with Gasteiger partial charge >= 0.3 is 0 Å². The number of thioether (sulfide) groups is 1. The van der Waals surface area contributed by atoms with Gasteiger partial charge in [0.25, 0.3) is 0 Å². The van der Waals surface area contributed by atoms with Crippen molar-refractivity contribution in [1.29, 1.82) is 0 Å². The summed E-state index contributed by atoms with van der Waals surface area (Å²) in [6, 6.07) is 15.8. The molecule has 1 aliphatic rings. The fourth-order valence-corrected chi connectivity index (χ4v) is 3.40. The number of hydrogen-bond donors (Lipinski definition) is 0. The van der Waals surface area contributed by atoms with Crippen LogP contribution in [-0.2, 0) is 13.1 Å². The van der Waals surface area contributed by atoms with Crippen molar-refractivity contribution in [3.05, 3.63) is 65.5 Å². The van der Waals surface area contributed by atoms with Crippen LogP contribution in [0.15, 0.2) is 53.4 Å². The summed E-state index contributed by atoms with van der Waals surface area (Å²) in [5, 5.41) is 0. The van der Waals surface area contributed by atoms with Crippen LogP contribution in [-0.4, -0.2) is 42.2 Å². The Balaban J connectivity index is 1.48. The molecule has 0 atom stereocenters. The van der Waals surface area contributed by atoms with Crippen LogP contribution in [0.5, 0.6) is 0 Å². The molecular formula is C19H23FN2S. The zero-order valence-electron chi connectivity index (χ0n) is 13.5. The average Bonchev–Trinajstić information content (AvgIpc) is 2.57. The predicted octanol–water partition coefficient (Wildman–Crippen LogP) is 3.87. The Labute approximate surface area is 142 Å². The van der Waals surface area contributed by atoms with E-state index in [1.165, 1.54) is 16.5 Å². The highest BCUT2D eigenvalue weighted by Gasteiger charge is 2.17. The third-order valence-corrected chi connectivity index (χ3v) is 5.07. The summed E-state index contributed by atoms with van der Waals surface area (Å²) in [4.78, 5) is 6.21. The minimum absolute atomic E-state index is 0.144. The molecule has 1 aliphatic heterocycles. The van der Waals surface area contributed by atoms with Gasteiger partial charge in [-0.1, -0.05) is 24.3 Å². The van der Waals surface area contributed by atoms with Gasteiger partial charge in [-0.15, -0.1) is 11.8 Å². The molecule has 0 spiro atoms. The van der Waals surface area contributed by atoms with E-state index >= 15 is 0 Å². The molecule has 0 radical (unpaired) electrons. The Morgan fingerprint density at radius 1 is 0.870 bits per heavy atom. The first-order valence-corrected chi connectivity index (χ1v) is 9.27. The highest BCUT2D eigenvalue weighted by molar-refractivity contribution is 7.98. The Bertz CT molecular complexity index is 622. The second kappa shape index (κ2) is 7.95. The Morgan fingerprint density at radius 2 is 1.48 bits per heavy atom. The number of rotatable bonds is 5. The maximum Gasteiger partial charge on any atom is 0.123 e. The largest absolute Gasteiger partial charge is 0.297 e. The third kappa shape index (κ3) is 4.80. The van der Waals surface area contributed by atoms with Crippen LogP contribution in [0, 0.1) is 5.82 Å². The van der Waals surface area contributed by atoms with Gasteiger partial charge in [0.1, 0.15) is 5.82 Å². The topological polar surface area (TPSA) is 6.48 Å². The van der Waals surface area contributed by atoms with Crippen LogP contribution in [0.1, 0.15) is 11.1 Å². The summed E-state index contributed by atoms with van der Waals surface area (Å²) >= 11 is 1.78. The molecule has 4 heteroatoms. The lowest BCUT2D eigenvalue weighted by Gasteiger charge is -2.34. The van der Waals surface area contributed by atoms with Crippen molar-refractivity contribution in [2.75, 3.05) is 32.4 Å². The summed E-state index contributed by atoms with van der Waals surface area (Å²) in [7, 11) is 0. The van der Waals surface area contributed by atoms with Gasteiger partial charge in [0.05, 0.1) is 0 Å². The highest BCUT2D eigenvalue weighted by Crippen LogP contribution is 2.17. The average molecular weight is 330 g/mol. The predicted molar refractivity (Wildman–Crippen MR) is 95.2 cm³/mol. The van der Waals surface area contributed by atoms with Crippen molar-refractivity contribution >= 4 is 11.8 Å². The summed E-state index contributed by atoms with van der Waals surface area (Å²) in [6.07, 6.45) is 2.10. The molecule has 0 saturated carbocycles. The standard InChI is InChI=1S/C19H23FN2S/c1-23-19-7-5-16(6-8-19)14-21-9-11-22(12-10-21)15-17-3-2-4-18(20)13-17/h2-8,13H,9-12,14-15H2,1H3. The van der Waals surface area contributed by atoms with E-state index in [0.29, 0.717) is 0 Å². The fourth-order valence-electron chi connectivity index (χ4n) is 2.99. The maximum absolute atomic E-state index is 13.3. The molecular weight excluding hydrogens is 307 g/mol. The molecule has 2 nitrogen and oxygen atoms in total. The van der Waals surface area contributed by atoms with E-state index < -0.39 is 0 Å². The molecule has 1 fully saturated rings.